The molecule has 0 spiro atoms. The number of carbonyl (C=O) groups is 2. The van der Waals surface area contributed by atoms with Crippen molar-refractivity contribution in [1.82, 2.24) is 14.7 Å². The molecule has 0 aliphatic heterocycles. The number of hydrogen-bond donors (Lipinski definition) is 4. The number of carbonyl (C=O) groups excluding carboxylic acids is 1. The summed E-state index contributed by atoms with van der Waals surface area (Å²) in [7, 11) is -2.44. The van der Waals surface area contributed by atoms with Gasteiger partial charge in [-0.25, -0.2) is 13.4 Å². The molecule has 11 heteroatoms. The number of aromatic nitrogens is 2. The Kier molecular flexibility index (Phi) is 7.28. The van der Waals surface area contributed by atoms with E-state index in [0.29, 0.717) is 22.5 Å². The predicted molar refractivity (Wildman–Crippen MR) is 139 cm³/mol. The van der Waals surface area contributed by atoms with Crippen LogP contribution in [0.4, 0.5) is 5.69 Å². The molecular formula is C26H26N4O6S. The molecule has 4 N–H and O–H groups in total. The maximum atomic E-state index is 12.6. The van der Waals surface area contributed by atoms with Gasteiger partial charge in [-0.2, -0.15) is 4.72 Å². The van der Waals surface area contributed by atoms with E-state index in [9.17, 15) is 23.1 Å². The van der Waals surface area contributed by atoms with E-state index in [1.54, 1.807) is 75.6 Å². The number of ether oxygens (including phenoxy) is 1. The summed E-state index contributed by atoms with van der Waals surface area (Å²) in [6.07, 6.45) is 0. The Morgan fingerprint density at radius 1 is 0.973 bits per heavy atom. The number of benzene rings is 3. The van der Waals surface area contributed by atoms with Crippen LogP contribution in [-0.2, 0) is 14.8 Å². The zero-order chi connectivity index (χ0) is 26.7. The highest BCUT2D eigenvalue weighted by Crippen LogP contribution is 2.24. The summed E-state index contributed by atoms with van der Waals surface area (Å²) < 4.78 is 32.7. The molecular weight excluding hydrogens is 496 g/mol. The van der Waals surface area contributed by atoms with Gasteiger partial charge in [0, 0.05) is 11.8 Å². The van der Waals surface area contributed by atoms with Gasteiger partial charge in [0.25, 0.3) is 5.91 Å². The summed E-state index contributed by atoms with van der Waals surface area (Å²) in [5.74, 6) is -1.23. The molecule has 192 valence electrons. The smallest absolute Gasteiger partial charge is 0.322 e. The van der Waals surface area contributed by atoms with Gasteiger partial charge in [0.1, 0.15) is 11.8 Å². The van der Waals surface area contributed by atoms with Crippen LogP contribution in [0.2, 0.25) is 0 Å². The highest BCUT2D eigenvalue weighted by Gasteiger charge is 2.28. The number of hydrogen-bond acceptors (Lipinski definition) is 6. The van der Waals surface area contributed by atoms with Crippen molar-refractivity contribution >= 4 is 38.6 Å². The number of methoxy groups -OCH3 is 1. The largest absolute Gasteiger partial charge is 0.497 e. The van der Waals surface area contributed by atoms with Gasteiger partial charge in [0.2, 0.25) is 10.0 Å². The number of sulfonamides is 1. The molecule has 0 saturated heterocycles. The number of fused-ring (bicyclic) bond motifs is 1. The molecule has 0 aliphatic carbocycles. The summed E-state index contributed by atoms with van der Waals surface area (Å²) >= 11 is 0. The minimum atomic E-state index is -4.00. The zero-order valence-corrected chi connectivity index (χ0v) is 21.2. The minimum Gasteiger partial charge on any atom is -0.497 e. The number of imidazole rings is 1. The lowest BCUT2D eigenvalue weighted by Gasteiger charge is -2.18. The SMILES string of the molecule is COc1ccc2nc(C(=O)Nc3ccc(-c4ccc(S(=O)(=O)N[C@H](C(=O)O)C(C)C)cc4)cc3)[nH]c2c1. The molecule has 0 radical (unpaired) electrons. The maximum Gasteiger partial charge on any atom is 0.322 e. The fourth-order valence-electron chi connectivity index (χ4n) is 3.69. The Balaban J connectivity index is 1.45. The first kappa shape index (κ1) is 25.9. The third-order valence-corrected chi connectivity index (χ3v) is 7.22. The summed E-state index contributed by atoms with van der Waals surface area (Å²) in [4.78, 5) is 31.3. The number of aliphatic carboxylic acids is 1. The Bertz CT molecular complexity index is 1540. The second-order valence-corrected chi connectivity index (χ2v) is 10.4. The third kappa shape index (κ3) is 5.79. The molecule has 0 saturated carbocycles. The van der Waals surface area contributed by atoms with Gasteiger partial charge in [0.15, 0.2) is 5.82 Å². The molecule has 1 amide bonds. The van der Waals surface area contributed by atoms with Crippen LogP contribution in [0.3, 0.4) is 0 Å². The quantitative estimate of drug-likeness (QED) is 0.260. The number of anilines is 1. The molecule has 4 rings (SSSR count). The summed E-state index contributed by atoms with van der Waals surface area (Å²) in [5.41, 5.74) is 3.44. The van der Waals surface area contributed by atoms with Crippen LogP contribution >= 0.6 is 0 Å². The second kappa shape index (κ2) is 10.4. The minimum absolute atomic E-state index is 0.0320. The highest BCUT2D eigenvalue weighted by atomic mass is 32.2. The molecule has 1 atom stereocenters. The van der Waals surface area contributed by atoms with E-state index in [1.165, 1.54) is 12.1 Å². The van der Waals surface area contributed by atoms with Gasteiger partial charge >= 0.3 is 5.97 Å². The Labute approximate surface area is 213 Å². The molecule has 1 aromatic heterocycles. The van der Waals surface area contributed by atoms with Crippen molar-refractivity contribution < 1.29 is 27.9 Å². The van der Waals surface area contributed by atoms with Crippen molar-refractivity contribution in [3.8, 4) is 16.9 Å². The van der Waals surface area contributed by atoms with E-state index >= 15 is 0 Å². The standard InChI is InChI=1S/C26H26N4O6S/c1-15(2)23(26(32)33)30-37(34,35)20-11-6-17(7-12-20)16-4-8-18(9-5-16)27-25(31)24-28-21-13-10-19(36-3)14-22(21)29-24/h4-15,23,30H,1-3H3,(H,27,31)(H,28,29)(H,32,33)/t23-/m0/s1. The van der Waals surface area contributed by atoms with Crippen LogP contribution in [0.1, 0.15) is 24.5 Å². The van der Waals surface area contributed by atoms with Gasteiger partial charge < -0.3 is 20.1 Å². The van der Waals surface area contributed by atoms with Gasteiger partial charge in [0.05, 0.1) is 23.0 Å². The summed E-state index contributed by atoms with van der Waals surface area (Å²) in [6.45, 7) is 3.26. The van der Waals surface area contributed by atoms with Crippen LogP contribution in [0, 0.1) is 5.92 Å². The maximum absolute atomic E-state index is 12.6. The average molecular weight is 523 g/mol. The van der Waals surface area contributed by atoms with E-state index in [2.05, 4.69) is 20.0 Å². The molecule has 0 unspecified atom stereocenters. The second-order valence-electron chi connectivity index (χ2n) is 8.71. The lowest BCUT2D eigenvalue weighted by Crippen LogP contribution is -2.44. The van der Waals surface area contributed by atoms with Crippen LogP contribution < -0.4 is 14.8 Å². The van der Waals surface area contributed by atoms with Gasteiger partial charge in [-0.1, -0.05) is 38.1 Å². The molecule has 3 aromatic carbocycles. The molecule has 0 aliphatic rings. The average Bonchev–Trinajstić information content (AvgIpc) is 3.31. The van der Waals surface area contributed by atoms with Crippen LogP contribution in [0.5, 0.6) is 5.75 Å². The lowest BCUT2D eigenvalue weighted by molar-refractivity contribution is -0.140. The highest BCUT2D eigenvalue weighted by molar-refractivity contribution is 7.89. The van der Waals surface area contributed by atoms with E-state index in [-0.39, 0.29) is 10.7 Å². The molecule has 37 heavy (non-hydrogen) atoms. The van der Waals surface area contributed by atoms with Gasteiger partial charge in [-0.3, -0.25) is 9.59 Å². The fraction of sp³-hybridized carbons (Fsp3) is 0.192. The van der Waals surface area contributed by atoms with Crippen molar-refractivity contribution in [2.45, 2.75) is 24.8 Å². The monoisotopic (exact) mass is 522 g/mol. The summed E-state index contributed by atoms with van der Waals surface area (Å²) in [6, 6.07) is 17.2. The number of H-pyrrole nitrogens is 1. The van der Waals surface area contributed by atoms with Crippen LogP contribution in [0.15, 0.2) is 71.6 Å². The van der Waals surface area contributed by atoms with Crippen molar-refractivity contribution in [3.05, 3.63) is 72.6 Å². The predicted octanol–water partition coefficient (Wildman–Crippen LogP) is 3.88. The number of nitrogens with one attached hydrogen (secondary N) is 3. The first-order valence-corrected chi connectivity index (χ1v) is 12.9. The van der Waals surface area contributed by atoms with E-state index in [1.807, 2.05) is 0 Å². The Hall–Kier alpha value is -4.22. The van der Waals surface area contributed by atoms with Crippen molar-refractivity contribution in [1.29, 1.82) is 0 Å². The Morgan fingerprint density at radius 2 is 1.59 bits per heavy atom. The van der Waals surface area contributed by atoms with Crippen molar-refractivity contribution in [2.24, 2.45) is 5.92 Å². The molecule has 10 nitrogen and oxygen atoms in total. The van der Waals surface area contributed by atoms with Crippen LogP contribution in [-0.4, -0.2) is 48.5 Å². The van der Waals surface area contributed by atoms with Crippen molar-refractivity contribution in [3.63, 3.8) is 0 Å². The number of nitrogens with zero attached hydrogens (tertiary/aromatic N) is 1. The lowest BCUT2D eigenvalue weighted by atomic mass is 10.1. The van der Waals surface area contributed by atoms with Crippen LogP contribution in [0.25, 0.3) is 22.2 Å². The number of amides is 1. The molecule has 0 fully saturated rings. The first-order chi connectivity index (χ1) is 17.6. The topological polar surface area (TPSA) is 150 Å². The Morgan fingerprint density at radius 3 is 2.16 bits per heavy atom. The fourth-order valence-corrected chi connectivity index (χ4v) is 5.03. The van der Waals surface area contributed by atoms with E-state index in [0.717, 1.165) is 11.1 Å². The first-order valence-electron chi connectivity index (χ1n) is 11.4. The number of rotatable bonds is 9. The normalized spacial score (nSPS) is 12.4. The summed E-state index contributed by atoms with van der Waals surface area (Å²) in [5, 5.41) is 12.1. The number of carboxylic acid groups (broad SMARTS) is 1. The number of aromatic amines is 1. The van der Waals surface area contributed by atoms with Crippen molar-refractivity contribution in [2.75, 3.05) is 12.4 Å². The molecule has 4 aromatic rings. The molecule has 0 bridgehead atoms. The van der Waals surface area contributed by atoms with E-state index < -0.39 is 33.9 Å². The number of carboxylic acids is 1. The van der Waals surface area contributed by atoms with Gasteiger partial charge in [-0.05, 0) is 53.4 Å². The molecule has 1 heterocycles. The van der Waals surface area contributed by atoms with Gasteiger partial charge in [-0.15, -0.1) is 0 Å². The zero-order valence-electron chi connectivity index (χ0n) is 20.3. The third-order valence-electron chi connectivity index (χ3n) is 5.76. The van der Waals surface area contributed by atoms with E-state index in [4.69, 9.17) is 4.74 Å².